The number of nitrogens with two attached hydrogens (primary N) is 1. The van der Waals surface area contributed by atoms with E-state index >= 15 is 0 Å². The topological polar surface area (TPSA) is 88.2 Å². The lowest BCUT2D eigenvalue weighted by Crippen LogP contribution is -2.46. The lowest BCUT2D eigenvalue weighted by Gasteiger charge is -2.34. The Balaban J connectivity index is 1.95. The van der Waals surface area contributed by atoms with Gasteiger partial charge in [0, 0.05) is 19.0 Å². The largest absolute Gasteiger partial charge is 0.409 e. The van der Waals surface area contributed by atoms with Crippen LogP contribution in [-0.4, -0.2) is 47.1 Å². The van der Waals surface area contributed by atoms with Crippen molar-refractivity contribution in [2.45, 2.75) is 45.8 Å². The SMILES string of the molecule is CC1OC(C)C(C(=O)N2CCC(C(N)=NO)CC2)C1C. The Kier molecular flexibility index (Phi) is 4.52. The van der Waals surface area contributed by atoms with Crippen LogP contribution in [0.4, 0.5) is 0 Å². The zero-order valence-corrected chi connectivity index (χ0v) is 12.5. The minimum Gasteiger partial charge on any atom is -0.409 e. The number of piperidine rings is 1. The van der Waals surface area contributed by atoms with Gasteiger partial charge in [-0.05, 0) is 32.6 Å². The van der Waals surface area contributed by atoms with Gasteiger partial charge in [0.25, 0.3) is 0 Å². The van der Waals surface area contributed by atoms with Gasteiger partial charge in [-0.3, -0.25) is 4.79 Å². The number of likely N-dealkylation sites (tertiary alicyclic amines) is 1. The van der Waals surface area contributed by atoms with Crippen molar-refractivity contribution in [1.29, 1.82) is 0 Å². The van der Waals surface area contributed by atoms with E-state index < -0.39 is 0 Å². The zero-order valence-electron chi connectivity index (χ0n) is 12.5. The van der Waals surface area contributed by atoms with E-state index in [2.05, 4.69) is 12.1 Å². The molecule has 20 heavy (non-hydrogen) atoms. The summed E-state index contributed by atoms with van der Waals surface area (Å²) in [5, 5.41) is 11.8. The molecule has 2 aliphatic rings. The lowest BCUT2D eigenvalue weighted by molar-refractivity contribution is -0.139. The highest BCUT2D eigenvalue weighted by atomic mass is 16.5. The van der Waals surface area contributed by atoms with Crippen molar-refractivity contribution in [1.82, 2.24) is 4.90 Å². The predicted octanol–water partition coefficient (Wildman–Crippen LogP) is 1.03. The lowest BCUT2D eigenvalue weighted by atomic mass is 9.87. The Morgan fingerprint density at radius 2 is 1.85 bits per heavy atom. The van der Waals surface area contributed by atoms with Crippen LogP contribution < -0.4 is 5.73 Å². The average Bonchev–Trinajstić information content (AvgIpc) is 2.71. The van der Waals surface area contributed by atoms with E-state index in [-0.39, 0.29) is 41.7 Å². The highest BCUT2D eigenvalue weighted by Crippen LogP contribution is 2.34. The van der Waals surface area contributed by atoms with E-state index in [9.17, 15) is 4.79 Å². The van der Waals surface area contributed by atoms with Crippen molar-refractivity contribution in [2.75, 3.05) is 13.1 Å². The smallest absolute Gasteiger partial charge is 0.228 e. The molecule has 114 valence electrons. The molecule has 0 spiro atoms. The fraction of sp³-hybridized carbons (Fsp3) is 0.857. The minimum absolute atomic E-state index is 0.0192. The second-order valence-corrected chi connectivity index (χ2v) is 6.06. The predicted molar refractivity (Wildman–Crippen MR) is 75.4 cm³/mol. The number of nitrogens with zero attached hydrogens (tertiary/aromatic N) is 2. The Hall–Kier alpha value is -1.30. The molecule has 1 amide bonds. The monoisotopic (exact) mass is 283 g/mol. The Morgan fingerprint density at radius 1 is 1.25 bits per heavy atom. The maximum Gasteiger partial charge on any atom is 0.228 e. The van der Waals surface area contributed by atoms with Crippen molar-refractivity contribution in [2.24, 2.45) is 28.6 Å². The number of amides is 1. The molecule has 2 heterocycles. The number of amidine groups is 1. The number of carbonyl (C=O) groups excluding carboxylic acids is 1. The summed E-state index contributed by atoms with van der Waals surface area (Å²) in [6.07, 6.45) is 1.63. The third kappa shape index (κ3) is 2.75. The van der Waals surface area contributed by atoms with Gasteiger partial charge in [-0.1, -0.05) is 12.1 Å². The van der Waals surface area contributed by atoms with Gasteiger partial charge in [-0.15, -0.1) is 0 Å². The van der Waals surface area contributed by atoms with E-state index in [1.807, 2.05) is 18.7 Å². The molecular weight excluding hydrogens is 258 g/mol. The summed E-state index contributed by atoms with van der Waals surface area (Å²) in [7, 11) is 0. The molecule has 0 saturated carbocycles. The van der Waals surface area contributed by atoms with Gasteiger partial charge < -0.3 is 20.6 Å². The first kappa shape index (κ1) is 15.1. The first-order valence-corrected chi connectivity index (χ1v) is 7.37. The normalized spacial score (nSPS) is 36.4. The van der Waals surface area contributed by atoms with E-state index in [1.165, 1.54) is 0 Å². The highest BCUT2D eigenvalue weighted by Gasteiger charge is 2.43. The van der Waals surface area contributed by atoms with Crippen molar-refractivity contribution in [3.8, 4) is 0 Å². The average molecular weight is 283 g/mol. The van der Waals surface area contributed by atoms with Crippen LogP contribution in [0.2, 0.25) is 0 Å². The summed E-state index contributed by atoms with van der Waals surface area (Å²) in [4.78, 5) is 14.6. The summed E-state index contributed by atoms with van der Waals surface area (Å²) in [6, 6.07) is 0. The molecule has 2 aliphatic heterocycles. The first-order valence-electron chi connectivity index (χ1n) is 7.37. The van der Waals surface area contributed by atoms with Gasteiger partial charge in [0.05, 0.1) is 18.1 Å². The maximum absolute atomic E-state index is 12.6. The molecule has 0 aromatic rings. The summed E-state index contributed by atoms with van der Waals surface area (Å²) < 4.78 is 5.76. The van der Waals surface area contributed by atoms with Crippen LogP contribution in [-0.2, 0) is 9.53 Å². The standard InChI is InChI=1S/C14H25N3O3/c1-8-9(2)20-10(3)12(8)14(18)17-6-4-11(5-7-17)13(15)16-19/h8-12,19H,4-7H2,1-3H3,(H2,15,16). The van der Waals surface area contributed by atoms with E-state index in [1.54, 1.807) is 0 Å². The number of carbonyl (C=O) groups is 1. The number of hydrogen-bond donors (Lipinski definition) is 2. The van der Waals surface area contributed by atoms with Crippen LogP contribution in [0.1, 0.15) is 33.6 Å². The summed E-state index contributed by atoms with van der Waals surface area (Å²) in [5.74, 6) is 0.742. The molecule has 4 atom stereocenters. The number of rotatable bonds is 2. The van der Waals surface area contributed by atoms with Crippen LogP contribution in [0.3, 0.4) is 0 Å². The number of hydrogen-bond acceptors (Lipinski definition) is 4. The molecule has 6 nitrogen and oxygen atoms in total. The van der Waals surface area contributed by atoms with Crippen LogP contribution >= 0.6 is 0 Å². The summed E-state index contributed by atoms with van der Waals surface area (Å²) in [5.41, 5.74) is 5.63. The van der Waals surface area contributed by atoms with Gasteiger partial charge >= 0.3 is 0 Å². The van der Waals surface area contributed by atoms with E-state index in [4.69, 9.17) is 15.7 Å². The fourth-order valence-electron chi connectivity index (χ4n) is 3.38. The van der Waals surface area contributed by atoms with Crippen molar-refractivity contribution < 1.29 is 14.7 Å². The molecule has 0 radical (unpaired) electrons. The minimum atomic E-state index is -0.0506. The zero-order chi connectivity index (χ0) is 14.9. The number of oxime groups is 1. The van der Waals surface area contributed by atoms with Crippen LogP contribution in [0, 0.1) is 17.8 Å². The molecule has 0 aromatic carbocycles. The quantitative estimate of drug-likeness (QED) is 0.343. The van der Waals surface area contributed by atoms with E-state index in [0.29, 0.717) is 13.1 Å². The maximum atomic E-state index is 12.6. The van der Waals surface area contributed by atoms with Crippen LogP contribution in [0.25, 0.3) is 0 Å². The second-order valence-electron chi connectivity index (χ2n) is 6.06. The summed E-state index contributed by atoms with van der Waals surface area (Å²) >= 11 is 0. The van der Waals surface area contributed by atoms with Gasteiger partial charge in [0.1, 0.15) is 5.84 Å². The van der Waals surface area contributed by atoms with Crippen LogP contribution in [0.15, 0.2) is 5.16 Å². The van der Waals surface area contributed by atoms with Gasteiger partial charge in [0.15, 0.2) is 0 Å². The fourth-order valence-corrected chi connectivity index (χ4v) is 3.38. The highest BCUT2D eigenvalue weighted by molar-refractivity contribution is 5.83. The molecule has 2 rings (SSSR count). The van der Waals surface area contributed by atoms with Crippen molar-refractivity contribution >= 4 is 11.7 Å². The molecule has 2 saturated heterocycles. The third-order valence-electron chi connectivity index (χ3n) is 4.87. The molecule has 0 aliphatic carbocycles. The molecule has 0 aromatic heterocycles. The second kappa shape index (κ2) is 5.99. The van der Waals surface area contributed by atoms with Crippen molar-refractivity contribution in [3.05, 3.63) is 0 Å². The Labute approximate surface area is 119 Å². The number of ether oxygens (including phenoxy) is 1. The third-order valence-corrected chi connectivity index (χ3v) is 4.87. The van der Waals surface area contributed by atoms with E-state index in [0.717, 1.165) is 12.8 Å². The van der Waals surface area contributed by atoms with Crippen LogP contribution in [0.5, 0.6) is 0 Å². The first-order chi connectivity index (χ1) is 9.45. The molecule has 6 heteroatoms. The molecular formula is C14H25N3O3. The molecule has 0 bridgehead atoms. The Morgan fingerprint density at radius 3 is 2.30 bits per heavy atom. The molecule has 4 unspecified atom stereocenters. The Bertz CT molecular complexity index is 391. The van der Waals surface area contributed by atoms with Gasteiger partial charge in [-0.25, -0.2) is 0 Å². The molecule has 3 N–H and O–H groups in total. The van der Waals surface area contributed by atoms with Crippen molar-refractivity contribution in [3.63, 3.8) is 0 Å². The summed E-state index contributed by atoms with van der Waals surface area (Å²) in [6.45, 7) is 7.43. The molecule has 2 fully saturated rings. The van der Waals surface area contributed by atoms with Gasteiger partial charge in [-0.2, -0.15) is 0 Å². The van der Waals surface area contributed by atoms with Gasteiger partial charge in [0.2, 0.25) is 5.91 Å².